The number of nitrogens with one attached hydrogen (secondary N) is 1. The van der Waals surface area contributed by atoms with Gasteiger partial charge in [-0.25, -0.2) is 5.09 Å². The fourth-order valence-corrected chi connectivity index (χ4v) is 5.92. The Morgan fingerprint density at radius 3 is 2.77 bits per heavy atom. The first-order chi connectivity index (χ1) is 12.5. The first-order valence-corrected chi connectivity index (χ1v) is 11.4. The minimum Gasteiger partial charge on any atom is -0.338 e. The third-order valence-electron chi connectivity index (χ3n) is 3.59. The van der Waals surface area contributed by atoms with Crippen molar-refractivity contribution in [1.29, 1.82) is 0 Å². The highest BCUT2D eigenvalue weighted by atomic mass is 32.7. The summed E-state index contributed by atoms with van der Waals surface area (Å²) in [6, 6.07) is 6.46. The molecule has 0 radical (unpaired) electrons. The maximum absolute atomic E-state index is 12.7. The maximum Gasteiger partial charge on any atom is 0.327 e. The van der Waals surface area contributed by atoms with Crippen LogP contribution in [0, 0.1) is 10.1 Å². The van der Waals surface area contributed by atoms with E-state index in [0.29, 0.717) is 24.7 Å². The van der Waals surface area contributed by atoms with Crippen LogP contribution in [0.15, 0.2) is 28.8 Å². The van der Waals surface area contributed by atoms with E-state index in [0.717, 1.165) is 29.8 Å². The van der Waals surface area contributed by atoms with Gasteiger partial charge in [-0.1, -0.05) is 17.3 Å². The summed E-state index contributed by atoms with van der Waals surface area (Å²) in [6.45, 7) is -0.813. The molecule has 1 fully saturated rings. The van der Waals surface area contributed by atoms with Gasteiger partial charge in [0.05, 0.1) is 17.3 Å². The molecule has 1 aromatic heterocycles. The summed E-state index contributed by atoms with van der Waals surface area (Å²) in [4.78, 5) is 14.5. The van der Waals surface area contributed by atoms with E-state index in [4.69, 9.17) is 9.05 Å². The highest BCUT2D eigenvalue weighted by molar-refractivity contribution is 8.55. The molecule has 1 aliphatic rings. The Bertz CT molecular complexity index is 809. The van der Waals surface area contributed by atoms with Gasteiger partial charge in [0.15, 0.2) is 5.82 Å². The Hall–Kier alpha value is -1.74. The van der Waals surface area contributed by atoms with E-state index in [9.17, 15) is 14.7 Å². The molecule has 2 aromatic rings. The van der Waals surface area contributed by atoms with Crippen molar-refractivity contribution < 1.29 is 18.5 Å². The van der Waals surface area contributed by atoms with Gasteiger partial charge in [-0.2, -0.15) is 4.98 Å². The van der Waals surface area contributed by atoms with Gasteiger partial charge in [0.1, 0.15) is 0 Å². The second-order valence-electron chi connectivity index (χ2n) is 5.80. The number of non-ortho nitro benzene ring substituents is 1. The Labute approximate surface area is 154 Å². The monoisotopic (exact) mass is 398 g/mol. The lowest BCUT2D eigenvalue weighted by Crippen LogP contribution is -2.13. The van der Waals surface area contributed by atoms with Crippen LogP contribution in [-0.2, 0) is 21.3 Å². The molecule has 140 valence electrons. The Morgan fingerprint density at radius 1 is 1.42 bits per heavy atom. The van der Waals surface area contributed by atoms with E-state index in [-0.39, 0.29) is 17.5 Å². The van der Waals surface area contributed by atoms with Crippen molar-refractivity contribution in [1.82, 2.24) is 15.2 Å². The molecule has 1 atom stereocenters. The lowest BCUT2D eigenvalue weighted by Gasteiger charge is -2.16. The van der Waals surface area contributed by atoms with Crippen LogP contribution in [-0.4, -0.2) is 27.7 Å². The van der Waals surface area contributed by atoms with Crippen molar-refractivity contribution in [3.63, 3.8) is 0 Å². The number of nitro groups is 1. The van der Waals surface area contributed by atoms with Gasteiger partial charge in [-0.3, -0.25) is 14.7 Å². The summed E-state index contributed by atoms with van der Waals surface area (Å²) < 4.78 is 23.3. The second-order valence-corrected chi connectivity index (χ2v) is 10.1. The third kappa shape index (κ3) is 5.38. The van der Waals surface area contributed by atoms with Crippen molar-refractivity contribution in [2.75, 3.05) is 6.61 Å². The first kappa shape index (κ1) is 19.0. The fraction of sp³-hybridized carbons (Fsp3) is 0.467. The average Bonchev–Trinajstić information content (AvgIpc) is 3.30. The zero-order chi connectivity index (χ0) is 18.6. The molecule has 0 saturated heterocycles. The molecule has 0 spiro atoms. The number of hydrogen-bond acceptors (Lipinski definition) is 8. The van der Waals surface area contributed by atoms with Gasteiger partial charge < -0.3 is 9.05 Å². The second kappa shape index (κ2) is 8.30. The van der Waals surface area contributed by atoms with Crippen molar-refractivity contribution in [2.24, 2.45) is 0 Å². The highest BCUT2D eigenvalue weighted by Gasteiger charge is 2.33. The Kier molecular flexibility index (Phi) is 6.08. The molecule has 3 rings (SSSR count). The van der Waals surface area contributed by atoms with Crippen LogP contribution in [0.3, 0.4) is 0 Å². The molecule has 9 nitrogen and oxygen atoms in total. The summed E-state index contributed by atoms with van der Waals surface area (Å²) in [5.41, 5.74) is 0.875. The molecule has 0 unspecified atom stereocenters. The van der Waals surface area contributed by atoms with Gasteiger partial charge in [-0.05, 0) is 36.7 Å². The summed E-state index contributed by atoms with van der Waals surface area (Å²) in [5, 5.41) is 17.6. The predicted octanol–water partition coefficient (Wildman–Crippen LogP) is 3.70. The quantitative estimate of drug-likeness (QED) is 0.363. The van der Waals surface area contributed by atoms with Crippen molar-refractivity contribution >= 4 is 23.8 Å². The number of aromatic nitrogens is 2. The molecule has 0 aliphatic heterocycles. The minimum absolute atomic E-state index is 0.0359. The lowest BCUT2D eigenvalue weighted by molar-refractivity contribution is -0.384. The Morgan fingerprint density at radius 2 is 2.15 bits per heavy atom. The molecule has 0 amide bonds. The van der Waals surface area contributed by atoms with E-state index in [1.54, 1.807) is 19.1 Å². The molecule has 1 N–H and O–H groups in total. The molecule has 1 saturated carbocycles. The van der Waals surface area contributed by atoms with Crippen LogP contribution in [0.5, 0.6) is 0 Å². The molecule has 1 heterocycles. The molecular formula is C15H19N4O5PS. The summed E-state index contributed by atoms with van der Waals surface area (Å²) in [5.74, 6) is 1.12. The molecule has 1 aromatic carbocycles. The normalized spacial score (nSPS) is 16.3. The van der Waals surface area contributed by atoms with Crippen molar-refractivity contribution in [3.8, 4) is 0 Å². The van der Waals surface area contributed by atoms with E-state index < -0.39 is 11.6 Å². The van der Waals surface area contributed by atoms with E-state index in [1.807, 2.05) is 0 Å². The van der Waals surface area contributed by atoms with Crippen LogP contribution in [0.2, 0.25) is 0 Å². The highest BCUT2D eigenvalue weighted by Crippen LogP contribution is 2.58. The summed E-state index contributed by atoms with van der Waals surface area (Å²) >= 11 is 1.15. The van der Waals surface area contributed by atoms with Gasteiger partial charge in [-0.15, -0.1) is 0 Å². The van der Waals surface area contributed by atoms with E-state index in [2.05, 4.69) is 15.2 Å². The molecule has 1 aliphatic carbocycles. The summed E-state index contributed by atoms with van der Waals surface area (Å²) in [7, 11) is 0. The summed E-state index contributed by atoms with van der Waals surface area (Å²) in [6.07, 6.45) is 2.42. The first-order valence-electron chi connectivity index (χ1n) is 8.19. The van der Waals surface area contributed by atoms with Gasteiger partial charge >= 0.3 is 6.72 Å². The number of nitro benzene ring substituents is 1. The Balaban J connectivity index is 1.56. The van der Waals surface area contributed by atoms with Crippen LogP contribution >= 0.6 is 18.1 Å². The van der Waals surface area contributed by atoms with Crippen LogP contribution in [0.4, 0.5) is 5.69 Å². The lowest BCUT2D eigenvalue weighted by atomic mass is 10.1. The zero-order valence-electron chi connectivity index (χ0n) is 14.2. The maximum atomic E-state index is 12.7. The fourth-order valence-electron chi connectivity index (χ4n) is 2.20. The number of nitrogens with zero attached hydrogens (tertiary/aromatic N) is 3. The van der Waals surface area contributed by atoms with Gasteiger partial charge in [0, 0.05) is 24.6 Å². The molecule has 0 bridgehead atoms. The standard InChI is InChI=1S/C15H19N4O5PS/c1-2-23-25(22,18-12-5-6-12)26-10-15-16-14(17-24-15)9-11-3-7-13(8-4-11)19(20)21/h3-4,7-8,12H,2,5-6,9-10H2,1H3,(H,18,22)/t25-/m1/s1. The van der Waals surface area contributed by atoms with Crippen LogP contribution in [0.1, 0.15) is 37.0 Å². The SMILES string of the molecule is CCO[P@](=O)(NC1CC1)SCc1nc(Cc2ccc([N+](=O)[O-])cc2)no1. The third-order valence-corrected chi connectivity index (χ3v) is 7.63. The number of hydrogen-bond donors (Lipinski definition) is 1. The largest absolute Gasteiger partial charge is 0.338 e. The number of benzene rings is 1. The predicted molar refractivity (Wildman–Crippen MR) is 96.9 cm³/mol. The molecule has 26 heavy (non-hydrogen) atoms. The smallest absolute Gasteiger partial charge is 0.327 e. The average molecular weight is 398 g/mol. The van der Waals surface area contributed by atoms with Gasteiger partial charge in [0.25, 0.3) is 5.69 Å². The van der Waals surface area contributed by atoms with Crippen LogP contribution < -0.4 is 5.09 Å². The van der Waals surface area contributed by atoms with Crippen molar-refractivity contribution in [2.45, 2.75) is 38.0 Å². The topological polar surface area (TPSA) is 120 Å². The molecule has 11 heteroatoms. The minimum atomic E-state index is -2.98. The van der Waals surface area contributed by atoms with Crippen molar-refractivity contribution in [3.05, 3.63) is 51.7 Å². The zero-order valence-corrected chi connectivity index (χ0v) is 15.9. The van der Waals surface area contributed by atoms with E-state index in [1.165, 1.54) is 12.1 Å². The van der Waals surface area contributed by atoms with Gasteiger partial charge in [0.2, 0.25) is 5.89 Å². The van der Waals surface area contributed by atoms with E-state index >= 15 is 0 Å². The van der Waals surface area contributed by atoms with Crippen LogP contribution in [0.25, 0.3) is 0 Å². The number of rotatable bonds is 10. The molecular weight excluding hydrogens is 379 g/mol.